The van der Waals surface area contributed by atoms with Crippen molar-refractivity contribution < 1.29 is 35.5 Å². The molecule has 1 saturated heterocycles. The number of carbonyl (C=O) groups excluding carboxylic acids is 1. The summed E-state index contributed by atoms with van der Waals surface area (Å²) in [5, 5.41) is 1.94. The van der Waals surface area contributed by atoms with Crippen LogP contribution in [0.1, 0.15) is 21.7 Å². The van der Waals surface area contributed by atoms with Crippen molar-refractivity contribution in [1.82, 2.24) is 5.32 Å². The van der Waals surface area contributed by atoms with Crippen molar-refractivity contribution in [2.75, 3.05) is 37.5 Å². The Morgan fingerprint density at radius 1 is 1.17 bits per heavy atom. The number of carbonyl (C=O) groups is 1. The van der Waals surface area contributed by atoms with E-state index in [2.05, 4.69) is 5.32 Å². The lowest BCUT2D eigenvalue weighted by molar-refractivity contribution is -0.138. The van der Waals surface area contributed by atoms with E-state index < -0.39 is 39.1 Å². The van der Waals surface area contributed by atoms with Crippen LogP contribution in [0.4, 0.5) is 18.9 Å². The van der Waals surface area contributed by atoms with Crippen molar-refractivity contribution in [1.29, 1.82) is 0 Å². The summed E-state index contributed by atoms with van der Waals surface area (Å²) in [4.78, 5) is 13.9. The number of rotatable bonds is 5. The van der Waals surface area contributed by atoms with E-state index >= 15 is 0 Å². The lowest BCUT2D eigenvalue weighted by Gasteiger charge is -2.29. The first-order valence-electron chi connectivity index (χ1n) is 8.66. The molecule has 0 saturated carbocycles. The van der Waals surface area contributed by atoms with Crippen molar-refractivity contribution in [2.24, 2.45) is 0 Å². The zero-order chi connectivity index (χ0) is 21.2. The van der Waals surface area contributed by atoms with E-state index in [-0.39, 0.29) is 11.3 Å². The fourth-order valence-corrected chi connectivity index (χ4v) is 3.46. The van der Waals surface area contributed by atoms with Crippen LogP contribution in [0.25, 0.3) is 0 Å². The fraction of sp³-hybridized carbons (Fsp3) is 0.389. The number of ether oxygens (including phenoxy) is 1. The Hall–Kier alpha value is -2.53. The maximum absolute atomic E-state index is 13.5. The molecule has 1 amide bonds. The van der Waals surface area contributed by atoms with Crippen LogP contribution in [0.5, 0.6) is 0 Å². The minimum absolute atomic E-state index is 0.113. The average molecular weight is 432 g/mol. The molecule has 1 N–H and O–H groups in total. The Balaban J connectivity index is 1.77. The molecule has 0 unspecified atom stereocenters. The van der Waals surface area contributed by atoms with E-state index in [4.69, 9.17) is 9.15 Å². The summed E-state index contributed by atoms with van der Waals surface area (Å²) in [5.41, 5.74) is -0.532. The molecule has 0 bridgehead atoms. The van der Waals surface area contributed by atoms with Crippen molar-refractivity contribution in [3.63, 3.8) is 0 Å². The first-order valence-corrected chi connectivity index (χ1v) is 10.6. The van der Waals surface area contributed by atoms with E-state index in [1.807, 2.05) is 0 Å². The third-order valence-electron chi connectivity index (χ3n) is 4.39. The number of nitrogens with one attached hydrogen (secondary N) is 1. The lowest BCUT2D eigenvalue weighted by atomic mass is 10.0. The number of hydrogen-bond donors (Lipinski definition) is 1. The number of benzene rings is 1. The summed E-state index contributed by atoms with van der Waals surface area (Å²) < 4.78 is 73.6. The van der Waals surface area contributed by atoms with Gasteiger partial charge in [0.15, 0.2) is 5.76 Å². The molecule has 1 aromatic heterocycles. The standard InChI is InChI=1S/C18H19F3N2O5S/c1-29(25,26)16-5-4-15(28-16)17(24)22-11-12-2-3-13(10-14(12)18(19,20)21)23-6-8-27-9-7-23/h2-5,10H,6-9,11H2,1H3,(H,22,24). The molecule has 1 fully saturated rings. The molecule has 158 valence electrons. The summed E-state index contributed by atoms with van der Waals surface area (Å²) in [6.45, 7) is 1.48. The van der Waals surface area contributed by atoms with Gasteiger partial charge >= 0.3 is 6.18 Å². The minimum Gasteiger partial charge on any atom is -0.440 e. The van der Waals surface area contributed by atoms with Crippen LogP contribution in [0, 0.1) is 0 Å². The van der Waals surface area contributed by atoms with Crippen molar-refractivity contribution >= 4 is 21.4 Å². The second kappa shape index (κ2) is 8.07. The normalized spacial score (nSPS) is 15.4. The molecule has 2 heterocycles. The van der Waals surface area contributed by atoms with Gasteiger partial charge in [-0.2, -0.15) is 13.2 Å². The van der Waals surface area contributed by atoms with Crippen LogP contribution in [-0.2, 0) is 27.3 Å². The summed E-state index contributed by atoms with van der Waals surface area (Å²) in [5.74, 6) is -1.12. The van der Waals surface area contributed by atoms with E-state index in [1.54, 1.807) is 11.0 Å². The Kier molecular flexibility index (Phi) is 5.90. The SMILES string of the molecule is CS(=O)(=O)c1ccc(C(=O)NCc2ccc(N3CCOCC3)cc2C(F)(F)F)o1. The van der Waals surface area contributed by atoms with Gasteiger partial charge in [0.05, 0.1) is 18.8 Å². The summed E-state index contributed by atoms with van der Waals surface area (Å²) in [7, 11) is -3.63. The average Bonchev–Trinajstić information content (AvgIpc) is 3.17. The smallest absolute Gasteiger partial charge is 0.416 e. The minimum atomic E-state index is -4.60. The van der Waals surface area contributed by atoms with E-state index in [0.29, 0.717) is 32.0 Å². The van der Waals surface area contributed by atoms with Crippen LogP contribution in [0.2, 0.25) is 0 Å². The van der Waals surface area contributed by atoms with Gasteiger partial charge in [0.1, 0.15) is 0 Å². The molecule has 0 aliphatic carbocycles. The second-order valence-corrected chi connectivity index (χ2v) is 8.46. The van der Waals surface area contributed by atoms with Gasteiger partial charge in [-0.05, 0) is 29.8 Å². The summed E-state index contributed by atoms with van der Waals surface area (Å²) in [6.07, 6.45) is -3.68. The van der Waals surface area contributed by atoms with Crippen molar-refractivity contribution in [3.05, 3.63) is 47.2 Å². The quantitative estimate of drug-likeness (QED) is 0.781. The second-order valence-electron chi connectivity index (χ2n) is 6.51. The number of hydrogen-bond acceptors (Lipinski definition) is 6. The van der Waals surface area contributed by atoms with Gasteiger partial charge in [-0.15, -0.1) is 0 Å². The molecule has 1 aliphatic heterocycles. The molecular weight excluding hydrogens is 413 g/mol. The van der Waals surface area contributed by atoms with Gasteiger partial charge < -0.3 is 19.4 Å². The third kappa shape index (κ3) is 5.10. The van der Waals surface area contributed by atoms with Crippen LogP contribution < -0.4 is 10.2 Å². The van der Waals surface area contributed by atoms with Crippen molar-refractivity contribution in [3.8, 4) is 0 Å². The molecular formula is C18H19F3N2O5S. The highest BCUT2D eigenvalue weighted by Gasteiger charge is 2.34. The van der Waals surface area contributed by atoms with Crippen LogP contribution >= 0.6 is 0 Å². The van der Waals surface area contributed by atoms with E-state index in [9.17, 15) is 26.4 Å². The number of sulfone groups is 1. The molecule has 1 aliphatic rings. The van der Waals surface area contributed by atoms with Gasteiger partial charge in [-0.1, -0.05) is 6.07 Å². The maximum atomic E-state index is 13.5. The van der Waals surface area contributed by atoms with E-state index in [0.717, 1.165) is 24.5 Å². The Morgan fingerprint density at radius 3 is 2.45 bits per heavy atom. The lowest BCUT2D eigenvalue weighted by Crippen LogP contribution is -2.36. The third-order valence-corrected chi connectivity index (χ3v) is 5.34. The van der Waals surface area contributed by atoms with Crippen molar-refractivity contribution in [2.45, 2.75) is 17.8 Å². The number of alkyl halides is 3. The molecule has 7 nitrogen and oxygen atoms in total. The van der Waals surface area contributed by atoms with Gasteiger partial charge in [0.2, 0.25) is 14.9 Å². The van der Waals surface area contributed by atoms with Crippen LogP contribution in [0.3, 0.4) is 0 Å². The van der Waals surface area contributed by atoms with Gasteiger partial charge in [0, 0.05) is 31.6 Å². The van der Waals surface area contributed by atoms with Crippen LogP contribution in [0.15, 0.2) is 39.8 Å². The monoisotopic (exact) mass is 432 g/mol. The number of furan rings is 1. The van der Waals surface area contributed by atoms with Crippen LogP contribution in [-0.4, -0.2) is 46.9 Å². The Morgan fingerprint density at radius 2 is 1.86 bits per heavy atom. The highest BCUT2D eigenvalue weighted by Crippen LogP contribution is 2.35. The first kappa shape index (κ1) is 21.2. The van der Waals surface area contributed by atoms with Gasteiger partial charge in [-0.3, -0.25) is 4.79 Å². The number of morpholine rings is 1. The largest absolute Gasteiger partial charge is 0.440 e. The number of amides is 1. The van der Waals surface area contributed by atoms with Gasteiger partial charge in [0.25, 0.3) is 5.91 Å². The summed E-state index contributed by atoms with van der Waals surface area (Å²) in [6, 6.07) is 6.20. The predicted molar refractivity (Wildman–Crippen MR) is 97.5 cm³/mol. The predicted octanol–water partition coefficient (Wildman–Crippen LogP) is 2.47. The number of nitrogens with zero attached hydrogens (tertiary/aromatic N) is 1. The van der Waals surface area contributed by atoms with Gasteiger partial charge in [-0.25, -0.2) is 8.42 Å². The molecule has 0 spiro atoms. The van der Waals surface area contributed by atoms with E-state index in [1.165, 1.54) is 6.07 Å². The molecule has 3 rings (SSSR count). The fourth-order valence-electron chi connectivity index (χ4n) is 2.90. The Labute approximate surface area is 165 Å². The number of anilines is 1. The first-order chi connectivity index (χ1) is 13.6. The zero-order valence-corrected chi connectivity index (χ0v) is 16.3. The summed E-state index contributed by atoms with van der Waals surface area (Å²) >= 11 is 0. The molecule has 29 heavy (non-hydrogen) atoms. The number of halogens is 3. The highest BCUT2D eigenvalue weighted by molar-refractivity contribution is 7.90. The Bertz CT molecular complexity index is 995. The molecule has 11 heteroatoms. The molecule has 0 atom stereocenters. The topological polar surface area (TPSA) is 88.9 Å². The molecule has 2 aromatic rings. The maximum Gasteiger partial charge on any atom is 0.416 e. The highest BCUT2D eigenvalue weighted by atomic mass is 32.2. The zero-order valence-electron chi connectivity index (χ0n) is 15.5. The molecule has 0 radical (unpaired) electrons. The molecule has 1 aromatic carbocycles.